The molecule has 0 bridgehead atoms. The van der Waals surface area contributed by atoms with E-state index in [4.69, 9.17) is 12.3 Å². The summed E-state index contributed by atoms with van der Waals surface area (Å²) in [5.41, 5.74) is 5.21. The molecule has 0 aliphatic rings. The van der Waals surface area contributed by atoms with Gasteiger partial charge >= 0.3 is 6.73 Å². The lowest BCUT2D eigenvalue weighted by Gasteiger charge is -2.00. The maximum absolute atomic E-state index is 10.7. The summed E-state index contributed by atoms with van der Waals surface area (Å²) < 4.78 is 7.97. The SMILES string of the molecule is C#[N+]CO[C@@H](N)C(=O)I=C. The molecule has 2 N–H and O–H groups in total. The van der Waals surface area contributed by atoms with Crippen LogP contribution in [-0.2, 0) is 9.53 Å². The second-order valence-electron chi connectivity index (χ2n) is 1.34. The van der Waals surface area contributed by atoms with Crippen molar-refractivity contribution in [2.24, 2.45) is 5.73 Å². The Morgan fingerprint density at radius 2 is 2.60 bits per heavy atom. The van der Waals surface area contributed by atoms with Crippen LogP contribution in [0.3, 0.4) is 0 Å². The lowest BCUT2D eigenvalue weighted by molar-refractivity contribution is -0.118. The first-order valence-corrected chi connectivity index (χ1v) is 4.99. The van der Waals surface area contributed by atoms with Crippen molar-refractivity contribution in [3.05, 3.63) is 4.85 Å². The maximum Gasteiger partial charge on any atom is 0.369 e. The van der Waals surface area contributed by atoms with Crippen molar-refractivity contribution < 1.29 is 9.53 Å². The molecule has 1 atom stereocenters. The van der Waals surface area contributed by atoms with Crippen LogP contribution in [0.1, 0.15) is 0 Å². The predicted molar refractivity (Wildman–Crippen MR) is 48.4 cm³/mol. The normalized spacial score (nSPS) is 12.0. The minimum Gasteiger partial charge on any atom is -0.299 e. The van der Waals surface area contributed by atoms with Gasteiger partial charge in [0.25, 0.3) is 6.57 Å². The molecule has 0 aliphatic carbocycles. The second-order valence-corrected chi connectivity index (χ2v) is 3.16. The molecule has 0 spiro atoms. The Morgan fingerprint density at radius 3 is 3.00 bits per heavy atom. The molecule has 0 radical (unpaired) electrons. The summed E-state index contributed by atoms with van der Waals surface area (Å²) in [4.78, 5) is 13.8. The smallest absolute Gasteiger partial charge is 0.299 e. The first kappa shape index (κ1) is 9.68. The van der Waals surface area contributed by atoms with Gasteiger partial charge in [0.15, 0.2) is 6.23 Å². The molecule has 0 unspecified atom stereocenters. The molecule has 0 rings (SSSR count). The summed E-state index contributed by atoms with van der Waals surface area (Å²) in [6, 6.07) is 0. The maximum atomic E-state index is 10.7. The van der Waals surface area contributed by atoms with Gasteiger partial charge in [0.2, 0.25) is 3.79 Å². The van der Waals surface area contributed by atoms with Gasteiger partial charge < -0.3 is 0 Å². The Morgan fingerprint density at radius 1 is 2.00 bits per heavy atom. The Bertz CT molecular complexity index is 175. The Balaban J connectivity index is 3.63. The quantitative estimate of drug-likeness (QED) is 0.441. The molecular weight excluding hydrogens is 247 g/mol. The van der Waals surface area contributed by atoms with Crippen LogP contribution in [0.4, 0.5) is 0 Å². The molecule has 0 aliphatic heterocycles. The average molecular weight is 255 g/mol. The van der Waals surface area contributed by atoms with Crippen LogP contribution in [0, 0.1) is 6.57 Å². The lowest BCUT2D eigenvalue weighted by Crippen LogP contribution is -2.29. The van der Waals surface area contributed by atoms with E-state index in [0.717, 1.165) is 0 Å². The Hall–Kier alpha value is -0.320. The van der Waals surface area contributed by atoms with E-state index in [9.17, 15) is 4.79 Å². The number of hydrogen-bond donors (Lipinski definition) is 1. The molecule has 4 nitrogen and oxygen atoms in total. The third-order valence-corrected chi connectivity index (χ3v) is 2.05. The molecule has 0 amide bonds. The molecule has 0 aromatic carbocycles. The third-order valence-electron chi connectivity index (χ3n) is 0.684. The van der Waals surface area contributed by atoms with Gasteiger partial charge in [-0.25, -0.2) is 0 Å². The summed E-state index contributed by atoms with van der Waals surface area (Å²) in [5.74, 6) is 0. The van der Waals surface area contributed by atoms with Crippen LogP contribution < -0.4 is 5.73 Å². The zero-order valence-electron chi connectivity index (χ0n) is 5.29. The zero-order valence-corrected chi connectivity index (χ0v) is 7.45. The number of rotatable bonds is 4. The largest absolute Gasteiger partial charge is 0.369 e. The Kier molecular flexibility index (Phi) is 5.29. The van der Waals surface area contributed by atoms with Crippen LogP contribution in [-0.4, -0.2) is 21.3 Å². The van der Waals surface area contributed by atoms with Crippen LogP contribution >= 0.6 is 20.7 Å². The van der Waals surface area contributed by atoms with E-state index >= 15 is 0 Å². The third kappa shape index (κ3) is 3.66. The van der Waals surface area contributed by atoms with E-state index in [1.54, 1.807) is 0 Å². The lowest BCUT2D eigenvalue weighted by atomic mass is 10.7. The fourth-order valence-corrected chi connectivity index (χ4v) is 0.879. The monoisotopic (exact) mass is 255 g/mol. The fourth-order valence-electron chi connectivity index (χ4n) is 0.265. The van der Waals surface area contributed by atoms with Crippen LogP contribution in [0.25, 0.3) is 4.85 Å². The topological polar surface area (TPSA) is 56.7 Å². The summed E-state index contributed by atoms with van der Waals surface area (Å²) in [7, 11) is 0. The molecule has 0 aromatic rings. The van der Waals surface area contributed by atoms with Crippen LogP contribution in [0.15, 0.2) is 0 Å². The number of nitrogens with zero attached hydrogens (tertiary/aromatic N) is 1. The molecule has 0 aromatic heterocycles. The van der Waals surface area contributed by atoms with E-state index in [1.807, 2.05) is 0 Å². The van der Waals surface area contributed by atoms with Crippen molar-refractivity contribution in [1.29, 1.82) is 0 Å². The number of hydrogen-bond acceptors (Lipinski definition) is 3. The van der Waals surface area contributed by atoms with E-state index < -0.39 is 27.0 Å². The summed E-state index contributed by atoms with van der Waals surface area (Å²) in [6.07, 6.45) is -0.891. The van der Waals surface area contributed by atoms with Crippen molar-refractivity contribution in [3.8, 4) is 6.57 Å². The molecular formula is C5H8IN2O2+. The predicted octanol–water partition coefficient (Wildman–Crippen LogP) is 0.137. The van der Waals surface area contributed by atoms with Crippen molar-refractivity contribution in [3.63, 3.8) is 0 Å². The van der Waals surface area contributed by atoms with Gasteiger partial charge in [-0.15, -0.1) is 0 Å². The highest BCUT2D eigenvalue weighted by Crippen LogP contribution is 1.99. The van der Waals surface area contributed by atoms with E-state index in [0.29, 0.717) is 0 Å². The number of carbonyl (C=O) groups excluding carboxylic acids is 1. The van der Waals surface area contributed by atoms with Crippen molar-refractivity contribution in [2.45, 2.75) is 6.23 Å². The minimum absolute atomic E-state index is 0.0450. The zero-order chi connectivity index (χ0) is 7.98. The molecule has 5 heteroatoms. The van der Waals surface area contributed by atoms with Crippen molar-refractivity contribution in [2.75, 3.05) is 6.73 Å². The fraction of sp³-hybridized carbons (Fsp3) is 0.400. The highest BCUT2D eigenvalue weighted by Gasteiger charge is 2.11. The minimum atomic E-state index is -0.891. The van der Waals surface area contributed by atoms with Gasteiger partial charge in [-0.05, 0) is 20.7 Å². The molecule has 56 valence electrons. The molecule has 10 heavy (non-hydrogen) atoms. The first-order valence-electron chi connectivity index (χ1n) is 2.38. The van der Waals surface area contributed by atoms with Crippen molar-refractivity contribution in [1.82, 2.24) is 0 Å². The van der Waals surface area contributed by atoms with Gasteiger partial charge in [-0.1, -0.05) is 9.36 Å². The molecule has 0 saturated heterocycles. The molecule has 0 fully saturated rings. The van der Waals surface area contributed by atoms with E-state index in [1.165, 1.54) is 0 Å². The Labute approximate surface area is 68.9 Å². The number of nitrogens with two attached hydrogens (primary N) is 1. The highest BCUT2D eigenvalue weighted by atomic mass is 127. The van der Waals surface area contributed by atoms with Crippen LogP contribution in [0.2, 0.25) is 0 Å². The van der Waals surface area contributed by atoms with Gasteiger partial charge in [-0.3, -0.25) is 15.3 Å². The number of carbonyl (C=O) groups is 1. The highest BCUT2D eigenvalue weighted by molar-refractivity contribution is 14.2. The van der Waals surface area contributed by atoms with Crippen LogP contribution in [0.5, 0.6) is 0 Å². The molecule has 0 heterocycles. The summed E-state index contributed by atoms with van der Waals surface area (Å²) in [5, 5.41) is 0. The first-order chi connectivity index (χ1) is 4.72. The average Bonchev–Trinajstić information content (AvgIpc) is 1.98. The van der Waals surface area contributed by atoms with E-state index in [2.05, 4.69) is 14.1 Å². The van der Waals surface area contributed by atoms with Gasteiger partial charge in [0.05, 0.1) is 0 Å². The summed E-state index contributed by atoms with van der Waals surface area (Å²) >= 11 is -0.735. The number of halogens is 1. The molecule has 0 saturated carbocycles. The van der Waals surface area contributed by atoms with E-state index in [-0.39, 0.29) is 10.5 Å². The van der Waals surface area contributed by atoms with Gasteiger partial charge in [-0.2, -0.15) is 0 Å². The van der Waals surface area contributed by atoms with Crippen molar-refractivity contribution >= 4 is 29.0 Å². The number of ether oxygens (including phenoxy) is 1. The van der Waals surface area contributed by atoms with Gasteiger partial charge in [0.1, 0.15) is 0 Å². The summed E-state index contributed by atoms with van der Waals surface area (Å²) in [6.45, 7) is 4.70. The second kappa shape index (κ2) is 5.46. The van der Waals surface area contributed by atoms with Gasteiger partial charge in [0, 0.05) is 0 Å². The standard InChI is InChI=1S/C5H8IN2O2/c1-6-4(9)5(7)10-3-8-2/h2,5H,1,3,7H2/q+1/t5-/m1/s1.